The SMILES string of the molecule is Cn1ccc(CNc2ccccc2Oc2ccccc2)c1. The lowest BCUT2D eigenvalue weighted by molar-refractivity contribution is 0.484. The van der Waals surface area contributed by atoms with Crippen LogP contribution in [-0.4, -0.2) is 4.57 Å². The van der Waals surface area contributed by atoms with E-state index in [1.165, 1.54) is 5.56 Å². The van der Waals surface area contributed by atoms with Crippen molar-refractivity contribution in [3.8, 4) is 11.5 Å². The van der Waals surface area contributed by atoms with Gasteiger partial charge in [-0.05, 0) is 35.9 Å². The summed E-state index contributed by atoms with van der Waals surface area (Å²) < 4.78 is 7.98. The average molecular weight is 278 g/mol. The highest BCUT2D eigenvalue weighted by Gasteiger charge is 2.04. The molecule has 0 aliphatic heterocycles. The van der Waals surface area contributed by atoms with Crippen molar-refractivity contribution in [1.82, 2.24) is 4.57 Å². The van der Waals surface area contributed by atoms with Gasteiger partial charge in [-0.1, -0.05) is 30.3 Å². The van der Waals surface area contributed by atoms with E-state index in [9.17, 15) is 0 Å². The molecule has 106 valence electrons. The van der Waals surface area contributed by atoms with Crippen LogP contribution in [0.25, 0.3) is 0 Å². The van der Waals surface area contributed by atoms with Gasteiger partial charge >= 0.3 is 0 Å². The number of anilines is 1. The van der Waals surface area contributed by atoms with E-state index in [0.717, 1.165) is 23.7 Å². The fourth-order valence-electron chi connectivity index (χ4n) is 2.18. The molecule has 0 bridgehead atoms. The zero-order valence-electron chi connectivity index (χ0n) is 12.0. The van der Waals surface area contributed by atoms with Gasteiger partial charge in [-0.25, -0.2) is 0 Å². The maximum absolute atomic E-state index is 5.94. The van der Waals surface area contributed by atoms with E-state index in [1.807, 2.05) is 72.4 Å². The van der Waals surface area contributed by atoms with Crippen molar-refractivity contribution in [2.24, 2.45) is 7.05 Å². The quantitative estimate of drug-likeness (QED) is 0.747. The number of hydrogen-bond donors (Lipinski definition) is 1. The topological polar surface area (TPSA) is 26.2 Å². The van der Waals surface area contributed by atoms with Crippen molar-refractivity contribution in [2.45, 2.75) is 6.54 Å². The van der Waals surface area contributed by atoms with Crippen LogP contribution in [0.1, 0.15) is 5.56 Å². The summed E-state index contributed by atoms with van der Waals surface area (Å²) in [5.41, 5.74) is 2.23. The van der Waals surface area contributed by atoms with Crippen molar-refractivity contribution in [3.05, 3.63) is 78.6 Å². The molecule has 3 nitrogen and oxygen atoms in total. The van der Waals surface area contributed by atoms with E-state index in [0.29, 0.717) is 0 Å². The summed E-state index contributed by atoms with van der Waals surface area (Å²) in [6.45, 7) is 0.774. The van der Waals surface area contributed by atoms with E-state index < -0.39 is 0 Å². The van der Waals surface area contributed by atoms with E-state index >= 15 is 0 Å². The third-order valence-corrected chi connectivity index (χ3v) is 3.23. The minimum absolute atomic E-state index is 0.774. The van der Waals surface area contributed by atoms with Crippen molar-refractivity contribution in [3.63, 3.8) is 0 Å². The maximum Gasteiger partial charge on any atom is 0.150 e. The minimum atomic E-state index is 0.774. The van der Waals surface area contributed by atoms with Crippen LogP contribution in [0.5, 0.6) is 11.5 Å². The van der Waals surface area contributed by atoms with Crippen LogP contribution in [0, 0.1) is 0 Å². The fourth-order valence-corrected chi connectivity index (χ4v) is 2.18. The Morgan fingerprint density at radius 2 is 1.71 bits per heavy atom. The molecule has 3 heteroatoms. The molecule has 3 aromatic rings. The molecule has 3 rings (SSSR count). The van der Waals surface area contributed by atoms with Gasteiger partial charge in [0.2, 0.25) is 0 Å². The predicted octanol–water partition coefficient (Wildman–Crippen LogP) is 4.43. The van der Waals surface area contributed by atoms with E-state index in [4.69, 9.17) is 4.74 Å². The number of para-hydroxylation sites is 3. The fraction of sp³-hybridized carbons (Fsp3) is 0.111. The lowest BCUT2D eigenvalue weighted by Gasteiger charge is -2.12. The summed E-state index contributed by atoms with van der Waals surface area (Å²) >= 11 is 0. The summed E-state index contributed by atoms with van der Waals surface area (Å²) in [4.78, 5) is 0. The highest BCUT2D eigenvalue weighted by molar-refractivity contribution is 5.57. The first-order chi connectivity index (χ1) is 10.3. The number of nitrogens with one attached hydrogen (secondary N) is 1. The number of hydrogen-bond acceptors (Lipinski definition) is 2. The third kappa shape index (κ3) is 3.45. The second kappa shape index (κ2) is 6.18. The average Bonchev–Trinajstić information content (AvgIpc) is 2.93. The molecule has 0 aliphatic rings. The highest BCUT2D eigenvalue weighted by Crippen LogP contribution is 2.29. The Balaban J connectivity index is 1.73. The van der Waals surface area contributed by atoms with Crippen molar-refractivity contribution in [2.75, 3.05) is 5.32 Å². The first-order valence-electron chi connectivity index (χ1n) is 6.98. The number of aromatic nitrogens is 1. The Kier molecular flexibility index (Phi) is 3.92. The smallest absolute Gasteiger partial charge is 0.150 e. The molecule has 0 radical (unpaired) electrons. The normalized spacial score (nSPS) is 10.3. The lowest BCUT2D eigenvalue weighted by atomic mass is 10.2. The third-order valence-electron chi connectivity index (χ3n) is 3.23. The molecule has 0 spiro atoms. The van der Waals surface area contributed by atoms with E-state index in [-0.39, 0.29) is 0 Å². The number of ether oxygens (including phenoxy) is 1. The molecule has 0 fully saturated rings. The van der Waals surface area contributed by atoms with Gasteiger partial charge in [-0.3, -0.25) is 0 Å². The van der Waals surface area contributed by atoms with Gasteiger partial charge in [0.1, 0.15) is 5.75 Å². The maximum atomic E-state index is 5.94. The molecule has 0 saturated heterocycles. The summed E-state index contributed by atoms with van der Waals surface area (Å²) in [5.74, 6) is 1.67. The van der Waals surface area contributed by atoms with Crippen LogP contribution in [0.2, 0.25) is 0 Å². The number of aryl methyl sites for hydroxylation is 1. The number of rotatable bonds is 5. The minimum Gasteiger partial charge on any atom is -0.455 e. The van der Waals surface area contributed by atoms with Crippen LogP contribution in [-0.2, 0) is 13.6 Å². The van der Waals surface area contributed by atoms with Gasteiger partial charge in [0, 0.05) is 26.0 Å². The molecule has 0 saturated carbocycles. The van der Waals surface area contributed by atoms with Crippen LogP contribution in [0.4, 0.5) is 5.69 Å². The second-order valence-corrected chi connectivity index (χ2v) is 4.95. The van der Waals surface area contributed by atoms with Gasteiger partial charge in [0.05, 0.1) is 5.69 Å². The zero-order chi connectivity index (χ0) is 14.5. The Morgan fingerprint density at radius 1 is 0.952 bits per heavy atom. The van der Waals surface area contributed by atoms with Gasteiger partial charge in [0.15, 0.2) is 5.75 Å². The number of benzene rings is 2. The first kappa shape index (κ1) is 13.3. The summed E-state index contributed by atoms with van der Waals surface area (Å²) in [6, 6.07) is 19.9. The standard InChI is InChI=1S/C18H18N2O/c1-20-12-11-15(14-20)13-19-17-9-5-6-10-18(17)21-16-7-3-2-4-8-16/h2-12,14,19H,13H2,1H3. The summed E-state index contributed by atoms with van der Waals surface area (Å²) in [6.07, 6.45) is 4.15. The molecular formula is C18H18N2O. The second-order valence-electron chi connectivity index (χ2n) is 4.95. The Hall–Kier alpha value is -2.68. The Bertz CT molecular complexity index is 704. The van der Waals surface area contributed by atoms with Gasteiger partial charge < -0.3 is 14.6 Å². The molecule has 0 amide bonds. The van der Waals surface area contributed by atoms with Gasteiger partial charge in [-0.2, -0.15) is 0 Å². The Morgan fingerprint density at radius 3 is 2.48 bits per heavy atom. The molecule has 0 atom stereocenters. The molecular weight excluding hydrogens is 260 g/mol. The molecule has 1 aromatic heterocycles. The van der Waals surface area contributed by atoms with Crippen LogP contribution >= 0.6 is 0 Å². The highest BCUT2D eigenvalue weighted by atomic mass is 16.5. The number of nitrogens with zero attached hydrogens (tertiary/aromatic N) is 1. The van der Waals surface area contributed by atoms with Crippen LogP contribution < -0.4 is 10.1 Å². The van der Waals surface area contributed by atoms with E-state index in [2.05, 4.69) is 17.6 Å². The molecule has 0 aliphatic carbocycles. The first-order valence-corrected chi connectivity index (χ1v) is 6.98. The van der Waals surface area contributed by atoms with Crippen LogP contribution in [0.3, 0.4) is 0 Å². The molecule has 1 N–H and O–H groups in total. The van der Waals surface area contributed by atoms with Gasteiger partial charge in [0.25, 0.3) is 0 Å². The van der Waals surface area contributed by atoms with Crippen molar-refractivity contribution in [1.29, 1.82) is 0 Å². The summed E-state index contributed by atoms with van der Waals surface area (Å²) in [7, 11) is 2.02. The van der Waals surface area contributed by atoms with Crippen molar-refractivity contribution < 1.29 is 4.74 Å². The predicted molar refractivity (Wildman–Crippen MR) is 85.7 cm³/mol. The van der Waals surface area contributed by atoms with Crippen LogP contribution in [0.15, 0.2) is 73.1 Å². The lowest BCUT2D eigenvalue weighted by Crippen LogP contribution is -2.00. The molecule has 2 aromatic carbocycles. The van der Waals surface area contributed by atoms with Crippen molar-refractivity contribution >= 4 is 5.69 Å². The summed E-state index contributed by atoms with van der Waals surface area (Å²) in [5, 5.41) is 3.42. The monoisotopic (exact) mass is 278 g/mol. The van der Waals surface area contributed by atoms with Gasteiger partial charge in [-0.15, -0.1) is 0 Å². The molecule has 21 heavy (non-hydrogen) atoms. The molecule has 1 heterocycles. The van der Waals surface area contributed by atoms with E-state index in [1.54, 1.807) is 0 Å². The Labute approximate surface area is 124 Å². The largest absolute Gasteiger partial charge is 0.455 e. The zero-order valence-corrected chi connectivity index (χ0v) is 12.0. The molecule has 0 unspecified atom stereocenters.